The SMILES string of the molecule is CC1=CC=C2NC(=O)C3CCCCN3C2C1. The van der Waals surface area contributed by atoms with E-state index >= 15 is 0 Å². The van der Waals surface area contributed by atoms with Crippen molar-refractivity contribution in [3.05, 3.63) is 23.4 Å². The molecule has 2 saturated heterocycles. The summed E-state index contributed by atoms with van der Waals surface area (Å²) in [6.07, 6.45) is 8.72. The highest BCUT2D eigenvalue weighted by Crippen LogP contribution is 2.31. The zero-order valence-electron chi connectivity index (χ0n) is 9.70. The van der Waals surface area contributed by atoms with E-state index in [2.05, 4.69) is 29.3 Å². The molecule has 0 aromatic carbocycles. The molecule has 1 aliphatic carbocycles. The van der Waals surface area contributed by atoms with Crippen LogP contribution in [0.1, 0.15) is 32.6 Å². The molecule has 2 fully saturated rings. The van der Waals surface area contributed by atoms with Gasteiger partial charge in [-0.15, -0.1) is 0 Å². The molecular formula is C13H18N2O. The van der Waals surface area contributed by atoms with Gasteiger partial charge in [-0.1, -0.05) is 18.1 Å². The second-order valence-corrected chi connectivity index (χ2v) is 5.09. The Labute approximate surface area is 96.2 Å². The van der Waals surface area contributed by atoms with Crippen molar-refractivity contribution >= 4 is 5.91 Å². The van der Waals surface area contributed by atoms with Crippen LogP contribution in [0, 0.1) is 0 Å². The third kappa shape index (κ3) is 1.50. The number of carbonyl (C=O) groups excluding carboxylic acids is 1. The molecule has 2 heterocycles. The molecule has 2 unspecified atom stereocenters. The summed E-state index contributed by atoms with van der Waals surface area (Å²) in [6.45, 7) is 3.25. The van der Waals surface area contributed by atoms with Gasteiger partial charge in [0.25, 0.3) is 0 Å². The predicted octanol–water partition coefficient (Wildman–Crippen LogP) is 1.57. The van der Waals surface area contributed by atoms with Gasteiger partial charge in [-0.25, -0.2) is 0 Å². The molecule has 16 heavy (non-hydrogen) atoms. The fraction of sp³-hybridized carbons (Fsp3) is 0.615. The first-order chi connectivity index (χ1) is 7.75. The van der Waals surface area contributed by atoms with Gasteiger partial charge in [0.15, 0.2) is 0 Å². The molecule has 0 saturated carbocycles. The molecule has 1 amide bonds. The van der Waals surface area contributed by atoms with Gasteiger partial charge in [-0.3, -0.25) is 9.69 Å². The van der Waals surface area contributed by atoms with Crippen LogP contribution in [0.15, 0.2) is 23.4 Å². The monoisotopic (exact) mass is 218 g/mol. The summed E-state index contributed by atoms with van der Waals surface area (Å²) in [5.41, 5.74) is 2.52. The van der Waals surface area contributed by atoms with E-state index in [9.17, 15) is 4.79 Å². The fourth-order valence-electron chi connectivity index (χ4n) is 3.08. The lowest BCUT2D eigenvalue weighted by Gasteiger charge is -2.46. The van der Waals surface area contributed by atoms with Crippen molar-refractivity contribution in [1.29, 1.82) is 0 Å². The van der Waals surface area contributed by atoms with E-state index < -0.39 is 0 Å². The van der Waals surface area contributed by atoms with Gasteiger partial charge in [-0.2, -0.15) is 0 Å². The number of allylic oxidation sites excluding steroid dienone is 2. The molecule has 2 aliphatic heterocycles. The summed E-state index contributed by atoms with van der Waals surface area (Å²) < 4.78 is 0. The Hall–Kier alpha value is -1.09. The number of fused-ring (bicyclic) bond motifs is 3. The Kier molecular flexibility index (Phi) is 2.36. The Bertz CT molecular complexity index is 383. The van der Waals surface area contributed by atoms with Crippen molar-refractivity contribution in [3.63, 3.8) is 0 Å². The third-order valence-corrected chi connectivity index (χ3v) is 3.94. The van der Waals surface area contributed by atoms with E-state index in [0.717, 1.165) is 25.1 Å². The first-order valence-electron chi connectivity index (χ1n) is 6.19. The molecule has 3 heteroatoms. The van der Waals surface area contributed by atoms with Crippen molar-refractivity contribution in [2.75, 3.05) is 6.54 Å². The van der Waals surface area contributed by atoms with Crippen molar-refractivity contribution in [2.24, 2.45) is 0 Å². The van der Waals surface area contributed by atoms with Gasteiger partial charge in [0.05, 0.1) is 12.1 Å². The first kappa shape index (κ1) is 10.1. The lowest BCUT2D eigenvalue weighted by atomic mass is 9.89. The standard InChI is InChI=1S/C13H18N2O/c1-9-5-6-10-12(8-9)15-7-3-2-4-11(15)13(16)14-10/h5-6,11-12H,2-4,7-8H2,1H3,(H,14,16). The Morgan fingerprint density at radius 3 is 3.06 bits per heavy atom. The highest BCUT2D eigenvalue weighted by Gasteiger charge is 2.40. The summed E-state index contributed by atoms with van der Waals surface area (Å²) in [7, 11) is 0. The van der Waals surface area contributed by atoms with E-state index in [-0.39, 0.29) is 11.9 Å². The summed E-state index contributed by atoms with van der Waals surface area (Å²) in [4.78, 5) is 14.4. The Morgan fingerprint density at radius 2 is 2.19 bits per heavy atom. The highest BCUT2D eigenvalue weighted by atomic mass is 16.2. The van der Waals surface area contributed by atoms with Gasteiger partial charge < -0.3 is 5.32 Å². The summed E-state index contributed by atoms with van der Waals surface area (Å²) in [6, 6.07) is 0.551. The fourth-order valence-corrected chi connectivity index (χ4v) is 3.08. The number of piperidine rings is 1. The average molecular weight is 218 g/mol. The van der Waals surface area contributed by atoms with Crippen molar-refractivity contribution in [2.45, 2.75) is 44.7 Å². The van der Waals surface area contributed by atoms with E-state index in [4.69, 9.17) is 0 Å². The molecule has 0 aromatic rings. The number of carbonyl (C=O) groups is 1. The lowest BCUT2D eigenvalue weighted by molar-refractivity contribution is -0.130. The number of piperazine rings is 1. The predicted molar refractivity (Wildman–Crippen MR) is 62.7 cm³/mol. The molecular weight excluding hydrogens is 200 g/mol. The topological polar surface area (TPSA) is 32.3 Å². The molecule has 86 valence electrons. The summed E-state index contributed by atoms with van der Waals surface area (Å²) in [5.74, 6) is 0.204. The van der Waals surface area contributed by atoms with E-state index in [0.29, 0.717) is 6.04 Å². The minimum Gasteiger partial charge on any atom is -0.327 e. The van der Waals surface area contributed by atoms with Crippen LogP contribution in [0.3, 0.4) is 0 Å². The van der Waals surface area contributed by atoms with Gasteiger partial charge in [-0.05, 0) is 38.8 Å². The van der Waals surface area contributed by atoms with Crippen molar-refractivity contribution in [1.82, 2.24) is 10.2 Å². The van der Waals surface area contributed by atoms with Crippen LogP contribution in [-0.4, -0.2) is 29.4 Å². The number of rotatable bonds is 0. The molecule has 3 rings (SSSR count). The van der Waals surface area contributed by atoms with Crippen LogP contribution >= 0.6 is 0 Å². The number of amides is 1. The molecule has 1 N–H and O–H groups in total. The molecule has 0 bridgehead atoms. The number of hydrogen-bond acceptors (Lipinski definition) is 2. The van der Waals surface area contributed by atoms with Crippen LogP contribution in [0.4, 0.5) is 0 Å². The second-order valence-electron chi connectivity index (χ2n) is 5.09. The van der Waals surface area contributed by atoms with E-state index in [1.165, 1.54) is 18.4 Å². The van der Waals surface area contributed by atoms with Gasteiger partial charge in [0, 0.05) is 5.70 Å². The second kappa shape index (κ2) is 3.74. The largest absolute Gasteiger partial charge is 0.327 e. The molecule has 0 aromatic heterocycles. The van der Waals surface area contributed by atoms with E-state index in [1.807, 2.05) is 0 Å². The first-order valence-corrected chi connectivity index (χ1v) is 6.19. The minimum atomic E-state index is 0.127. The normalized spacial score (nSPS) is 34.4. The lowest BCUT2D eigenvalue weighted by Crippen LogP contribution is -2.60. The third-order valence-electron chi connectivity index (χ3n) is 3.94. The zero-order chi connectivity index (χ0) is 11.1. The number of nitrogens with zero attached hydrogens (tertiary/aromatic N) is 1. The van der Waals surface area contributed by atoms with Crippen LogP contribution in [-0.2, 0) is 4.79 Å². The highest BCUT2D eigenvalue weighted by molar-refractivity contribution is 5.85. The summed E-state index contributed by atoms with van der Waals surface area (Å²) >= 11 is 0. The molecule has 3 nitrogen and oxygen atoms in total. The molecule has 0 spiro atoms. The maximum absolute atomic E-state index is 12.0. The number of hydrogen-bond donors (Lipinski definition) is 1. The van der Waals surface area contributed by atoms with Crippen LogP contribution in [0.2, 0.25) is 0 Å². The molecule has 0 radical (unpaired) electrons. The van der Waals surface area contributed by atoms with Crippen molar-refractivity contribution < 1.29 is 4.79 Å². The Morgan fingerprint density at radius 1 is 1.31 bits per heavy atom. The van der Waals surface area contributed by atoms with Crippen LogP contribution in [0.5, 0.6) is 0 Å². The Balaban J connectivity index is 1.92. The summed E-state index contributed by atoms with van der Waals surface area (Å²) in [5, 5.41) is 3.07. The zero-order valence-corrected chi connectivity index (χ0v) is 9.70. The maximum Gasteiger partial charge on any atom is 0.241 e. The van der Waals surface area contributed by atoms with Crippen LogP contribution in [0.25, 0.3) is 0 Å². The minimum absolute atomic E-state index is 0.127. The average Bonchev–Trinajstić information content (AvgIpc) is 2.31. The molecule has 2 atom stereocenters. The quantitative estimate of drug-likeness (QED) is 0.669. The van der Waals surface area contributed by atoms with Crippen molar-refractivity contribution in [3.8, 4) is 0 Å². The maximum atomic E-state index is 12.0. The van der Waals surface area contributed by atoms with E-state index in [1.54, 1.807) is 0 Å². The van der Waals surface area contributed by atoms with Gasteiger partial charge in [0.2, 0.25) is 5.91 Å². The number of nitrogens with one attached hydrogen (secondary N) is 1. The van der Waals surface area contributed by atoms with Gasteiger partial charge >= 0.3 is 0 Å². The molecule has 3 aliphatic rings. The van der Waals surface area contributed by atoms with Gasteiger partial charge in [0.1, 0.15) is 0 Å². The van der Waals surface area contributed by atoms with Crippen LogP contribution < -0.4 is 5.32 Å². The smallest absolute Gasteiger partial charge is 0.241 e.